The van der Waals surface area contributed by atoms with Gasteiger partial charge in [0.1, 0.15) is 0 Å². The second kappa shape index (κ2) is 7.23. The van der Waals surface area contributed by atoms with E-state index in [1.165, 1.54) is 40.8 Å². The average molecular weight is 352 g/mol. The lowest BCUT2D eigenvalue weighted by molar-refractivity contribution is -0.384. The number of nitrogens with zero attached hydrogens (tertiary/aromatic N) is 3. The molecule has 0 fully saturated rings. The fraction of sp³-hybridized carbons (Fsp3) is 0.111. The van der Waals surface area contributed by atoms with Crippen molar-refractivity contribution < 1.29 is 4.92 Å². The highest BCUT2D eigenvalue weighted by molar-refractivity contribution is 7.14. The minimum absolute atomic E-state index is 0.0374. The molecule has 0 aliphatic heterocycles. The molecule has 0 unspecified atom stereocenters. The molecule has 0 amide bonds. The van der Waals surface area contributed by atoms with Crippen LogP contribution in [-0.2, 0) is 0 Å². The fourth-order valence-electron chi connectivity index (χ4n) is 2.34. The molecule has 25 heavy (non-hydrogen) atoms. The van der Waals surface area contributed by atoms with Gasteiger partial charge in [0.2, 0.25) is 5.13 Å². The fourth-order valence-corrected chi connectivity index (χ4v) is 3.00. The van der Waals surface area contributed by atoms with Crippen LogP contribution >= 0.6 is 11.3 Å². The van der Waals surface area contributed by atoms with Crippen LogP contribution in [0.2, 0.25) is 0 Å². The molecule has 0 spiro atoms. The van der Waals surface area contributed by atoms with Gasteiger partial charge in [-0.05, 0) is 25.5 Å². The summed E-state index contributed by atoms with van der Waals surface area (Å²) in [5.74, 6) is 0. The van der Waals surface area contributed by atoms with Crippen molar-refractivity contribution >= 4 is 28.4 Å². The van der Waals surface area contributed by atoms with E-state index in [1.54, 1.807) is 12.1 Å². The second-order valence-corrected chi connectivity index (χ2v) is 6.44. The molecule has 2 aromatic carbocycles. The zero-order valence-electron chi connectivity index (χ0n) is 13.8. The predicted octanol–water partition coefficient (Wildman–Crippen LogP) is 4.78. The van der Waals surface area contributed by atoms with Crippen molar-refractivity contribution in [2.24, 2.45) is 5.10 Å². The van der Waals surface area contributed by atoms with Gasteiger partial charge in [-0.1, -0.05) is 29.8 Å². The number of hydrogen-bond acceptors (Lipinski definition) is 6. The highest BCUT2D eigenvalue weighted by Crippen LogP contribution is 2.28. The number of non-ortho nitro benzene ring substituents is 1. The first-order chi connectivity index (χ1) is 12.0. The van der Waals surface area contributed by atoms with Gasteiger partial charge in [0.25, 0.3) is 5.69 Å². The van der Waals surface area contributed by atoms with Crippen LogP contribution in [0.1, 0.15) is 16.7 Å². The Hall–Kier alpha value is -3.06. The van der Waals surface area contributed by atoms with Crippen molar-refractivity contribution in [2.75, 3.05) is 5.43 Å². The number of aryl methyl sites for hydroxylation is 2. The average Bonchev–Trinajstić information content (AvgIpc) is 3.06. The van der Waals surface area contributed by atoms with Gasteiger partial charge in [-0.25, -0.2) is 4.98 Å². The molecule has 0 aliphatic rings. The van der Waals surface area contributed by atoms with E-state index in [0.29, 0.717) is 10.7 Å². The van der Waals surface area contributed by atoms with Crippen LogP contribution in [0.15, 0.2) is 52.9 Å². The number of nitrogens with one attached hydrogen (secondary N) is 1. The molecule has 6 nitrogen and oxygen atoms in total. The topological polar surface area (TPSA) is 80.4 Å². The summed E-state index contributed by atoms with van der Waals surface area (Å²) in [6, 6.07) is 12.6. The van der Waals surface area contributed by atoms with Crippen LogP contribution in [0.5, 0.6) is 0 Å². The molecule has 0 saturated carbocycles. The largest absolute Gasteiger partial charge is 0.270 e. The third kappa shape index (κ3) is 4.07. The Kier molecular flexibility index (Phi) is 4.85. The number of benzene rings is 2. The van der Waals surface area contributed by atoms with E-state index in [1.807, 2.05) is 5.38 Å². The first-order valence-electron chi connectivity index (χ1n) is 7.59. The van der Waals surface area contributed by atoms with Crippen molar-refractivity contribution in [3.8, 4) is 11.3 Å². The molecule has 3 aromatic rings. The summed E-state index contributed by atoms with van der Waals surface area (Å²) in [6.07, 6.45) is 1.53. The Balaban J connectivity index is 1.73. The van der Waals surface area contributed by atoms with E-state index in [0.717, 1.165) is 11.3 Å². The van der Waals surface area contributed by atoms with Gasteiger partial charge in [-0.15, -0.1) is 11.3 Å². The third-order valence-corrected chi connectivity index (χ3v) is 4.37. The number of hydrazone groups is 1. The summed E-state index contributed by atoms with van der Waals surface area (Å²) >= 11 is 1.46. The molecule has 0 bridgehead atoms. The molecule has 0 aliphatic carbocycles. The number of rotatable bonds is 5. The minimum atomic E-state index is -0.429. The van der Waals surface area contributed by atoms with E-state index >= 15 is 0 Å². The summed E-state index contributed by atoms with van der Waals surface area (Å²) in [5.41, 5.74) is 7.92. The molecular weight excluding hydrogens is 336 g/mol. The van der Waals surface area contributed by atoms with Crippen LogP contribution in [0.3, 0.4) is 0 Å². The second-order valence-electron chi connectivity index (χ2n) is 5.58. The summed E-state index contributed by atoms with van der Waals surface area (Å²) in [4.78, 5) is 14.9. The van der Waals surface area contributed by atoms with Gasteiger partial charge in [0.05, 0.1) is 16.8 Å². The molecule has 1 N–H and O–H groups in total. The maximum atomic E-state index is 10.8. The molecule has 1 heterocycles. The normalized spacial score (nSPS) is 11.0. The third-order valence-electron chi connectivity index (χ3n) is 3.63. The van der Waals surface area contributed by atoms with E-state index in [-0.39, 0.29) is 5.69 Å². The van der Waals surface area contributed by atoms with Crippen molar-refractivity contribution in [1.29, 1.82) is 0 Å². The SMILES string of the molecule is Cc1ccc(C)c(-c2csc(NN=Cc3cccc([N+](=O)[O-])c3)n2)c1. The maximum absolute atomic E-state index is 10.8. The predicted molar refractivity (Wildman–Crippen MR) is 101 cm³/mol. The van der Waals surface area contributed by atoms with Gasteiger partial charge >= 0.3 is 0 Å². The van der Waals surface area contributed by atoms with Crippen molar-refractivity contribution in [3.63, 3.8) is 0 Å². The van der Waals surface area contributed by atoms with Crippen LogP contribution in [-0.4, -0.2) is 16.1 Å². The molecule has 1 aromatic heterocycles. The number of thiazole rings is 1. The minimum Gasteiger partial charge on any atom is -0.258 e. The standard InChI is InChI=1S/C18H16N4O2S/c1-12-6-7-13(2)16(8-12)17-11-25-18(20-17)21-19-10-14-4-3-5-15(9-14)22(23)24/h3-11H,1-2H3,(H,20,21). The van der Waals surface area contributed by atoms with Gasteiger partial charge in [-0.3, -0.25) is 15.5 Å². The monoisotopic (exact) mass is 352 g/mol. The number of aromatic nitrogens is 1. The number of nitro groups is 1. The summed E-state index contributed by atoms with van der Waals surface area (Å²) in [5, 5.41) is 17.5. The summed E-state index contributed by atoms with van der Waals surface area (Å²) in [7, 11) is 0. The molecule has 0 saturated heterocycles. The maximum Gasteiger partial charge on any atom is 0.270 e. The molecule has 0 radical (unpaired) electrons. The van der Waals surface area contributed by atoms with E-state index in [9.17, 15) is 10.1 Å². The van der Waals surface area contributed by atoms with Crippen LogP contribution < -0.4 is 5.43 Å². The number of anilines is 1. The van der Waals surface area contributed by atoms with Crippen molar-refractivity contribution in [3.05, 3.63) is 74.6 Å². The summed E-state index contributed by atoms with van der Waals surface area (Å²) in [6.45, 7) is 4.11. The Labute approximate surface area is 149 Å². The Morgan fingerprint density at radius 3 is 2.88 bits per heavy atom. The van der Waals surface area contributed by atoms with Crippen molar-refractivity contribution in [1.82, 2.24) is 4.98 Å². The Bertz CT molecular complexity index is 950. The Morgan fingerprint density at radius 2 is 2.08 bits per heavy atom. The van der Waals surface area contributed by atoms with Gasteiger partial charge in [0, 0.05) is 28.6 Å². The highest BCUT2D eigenvalue weighted by Gasteiger charge is 2.07. The zero-order valence-corrected chi connectivity index (χ0v) is 14.6. The van der Waals surface area contributed by atoms with Gasteiger partial charge < -0.3 is 0 Å². The number of hydrogen-bond donors (Lipinski definition) is 1. The van der Waals surface area contributed by atoms with E-state index in [4.69, 9.17) is 0 Å². The van der Waals surface area contributed by atoms with Crippen LogP contribution in [0, 0.1) is 24.0 Å². The van der Waals surface area contributed by atoms with Crippen LogP contribution in [0.25, 0.3) is 11.3 Å². The molecule has 0 atom stereocenters. The van der Waals surface area contributed by atoms with E-state index < -0.39 is 4.92 Å². The summed E-state index contributed by atoms with van der Waals surface area (Å²) < 4.78 is 0. The quantitative estimate of drug-likeness (QED) is 0.407. The number of nitro benzene ring substituents is 1. The van der Waals surface area contributed by atoms with E-state index in [2.05, 4.69) is 47.6 Å². The van der Waals surface area contributed by atoms with Gasteiger partial charge in [-0.2, -0.15) is 5.10 Å². The van der Waals surface area contributed by atoms with Crippen molar-refractivity contribution in [2.45, 2.75) is 13.8 Å². The lowest BCUT2D eigenvalue weighted by atomic mass is 10.0. The first-order valence-corrected chi connectivity index (χ1v) is 8.47. The first kappa shape index (κ1) is 16.8. The lowest BCUT2D eigenvalue weighted by Gasteiger charge is -2.03. The molecular formula is C18H16N4O2S. The lowest BCUT2D eigenvalue weighted by Crippen LogP contribution is -1.92. The Morgan fingerprint density at radius 1 is 1.24 bits per heavy atom. The molecule has 3 rings (SSSR count). The smallest absolute Gasteiger partial charge is 0.258 e. The zero-order chi connectivity index (χ0) is 17.8. The van der Waals surface area contributed by atoms with Crippen LogP contribution in [0.4, 0.5) is 10.8 Å². The molecule has 7 heteroatoms. The highest BCUT2D eigenvalue weighted by atomic mass is 32.1. The molecule has 126 valence electrons. The van der Waals surface area contributed by atoms with Gasteiger partial charge in [0.15, 0.2) is 0 Å².